The van der Waals surface area contributed by atoms with Gasteiger partial charge >= 0.3 is 6.03 Å². The van der Waals surface area contributed by atoms with Gasteiger partial charge in [0, 0.05) is 43.3 Å². The van der Waals surface area contributed by atoms with Crippen molar-refractivity contribution in [3.8, 4) is 11.5 Å². The van der Waals surface area contributed by atoms with Crippen molar-refractivity contribution in [1.29, 1.82) is 0 Å². The lowest BCUT2D eigenvalue weighted by Crippen LogP contribution is -2.50. The Morgan fingerprint density at radius 2 is 1.60 bits per heavy atom. The number of aromatic nitrogens is 2. The Hall–Kier alpha value is -3.55. The van der Waals surface area contributed by atoms with Gasteiger partial charge in [-0.2, -0.15) is 0 Å². The lowest BCUT2D eigenvalue weighted by atomic mass is 9.84. The first-order chi connectivity index (χ1) is 17.2. The number of anilines is 2. The molecule has 2 amide bonds. The second kappa shape index (κ2) is 10.4. The highest BCUT2D eigenvalue weighted by atomic mass is 16.5. The number of methoxy groups -OCH3 is 2. The van der Waals surface area contributed by atoms with Gasteiger partial charge in [-0.3, -0.25) is 0 Å². The van der Waals surface area contributed by atoms with Crippen molar-refractivity contribution >= 4 is 28.4 Å². The molecule has 2 heterocycles. The van der Waals surface area contributed by atoms with Crippen molar-refractivity contribution in [2.45, 2.75) is 38.0 Å². The van der Waals surface area contributed by atoms with E-state index in [1.54, 1.807) is 20.5 Å². The third-order valence-electron chi connectivity index (χ3n) is 7.22. The Balaban J connectivity index is 1.22. The lowest BCUT2D eigenvalue weighted by Gasteiger charge is -2.35. The van der Waals surface area contributed by atoms with E-state index in [9.17, 15) is 4.79 Å². The summed E-state index contributed by atoms with van der Waals surface area (Å²) in [4.78, 5) is 25.9. The zero-order chi connectivity index (χ0) is 24.2. The molecule has 1 aliphatic heterocycles. The monoisotopic (exact) mass is 475 g/mol. The second-order valence-electron chi connectivity index (χ2n) is 9.28. The molecule has 1 saturated carbocycles. The predicted octanol–water partition coefficient (Wildman–Crippen LogP) is 5.05. The number of piperazine rings is 1. The summed E-state index contributed by atoms with van der Waals surface area (Å²) in [7, 11) is 3.23. The summed E-state index contributed by atoms with van der Waals surface area (Å²) < 4.78 is 10.9. The van der Waals surface area contributed by atoms with E-state index in [4.69, 9.17) is 9.47 Å². The average molecular weight is 476 g/mol. The lowest BCUT2D eigenvalue weighted by molar-refractivity contribution is 0.208. The molecular formula is C27H33N5O3. The molecule has 2 fully saturated rings. The molecule has 2 aliphatic rings. The van der Waals surface area contributed by atoms with Crippen LogP contribution in [0.25, 0.3) is 10.9 Å². The molecule has 2 aromatic carbocycles. The van der Waals surface area contributed by atoms with Crippen LogP contribution in [0, 0.1) is 0 Å². The molecule has 3 aromatic rings. The number of benzene rings is 2. The Kier molecular flexibility index (Phi) is 6.88. The summed E-state index contributed by atoms with van der Waals surface area (Å²) in [6.45, 7) is 2.61. The van der Waals surface area contributed by atoms with Crippen LogP contribution in [0.4, 0.5) is 16.3 Å². The highest BCUT2D eigenvalue weighted by Crippen LogP contribution is 2.35. The van der Waals surface area contributed by atoms with E-state index in [0.717, 1.165) is 22.4 Å². The second-order valence-corrected chi connectivity index (χ2v) is 9.28. The van der Waals surface area contributed by atoms with E-state index in [1.807, 2.05) is 29.2 Å². The third kappa shape index (κ3) is 4.97. The molecule has 5 rings (SSSR count). The number of amides is 2. The Morgan fingerprint density at radius 1 is 0.914 bits per heavy atom. The van der Waals surface area contributed by atoms with Crippen LogP contribution in [-0.2, 0) is 0 Å². The molecule has 0 radical (unpaired) electrons. The third-order valence-corrected chi connectivity index (χ3v) is 7.22. The van der Waals surface area contributed by atoms with Crippen LogP contribution >= 0.6 is 0 Å². The number of carbonyl (C=O) groups excluding carboxylic acids is 1. The topological polar surface area (TPSA) is 79.8 Å². The number of hydrogen-bond acceptors (Lipinski definition) is 6. The van der Waals surface area contributed by atoms with Crippen molar-refractivity contribution in [3.63, 3.8) is 0 Å². The fourth-order valence-electron chi connectivity index (χ4n) is 5.22. The minimum absolute atomic E-state index is 0.0611. The van der Waals surface area contributed by atoms with E-state index < -0.39 is 0 Å². The molecule has 0 unspecified atom stereocenters. The smallest absolute Gasteiger partial charge is 0.321 e. The molecular weight excluding hydrogens is 442 g/mol. The molecule has 0 spiro atoms. The first kappa shape index (κ1) is 23.2. The van der Waals surface area contributed by atoms with Gasteiger partial charge in [-0.15, -0.1) is 0 Å². The number of ether oxygens (including phenoxy) is 2. The zero-order valence-electron chi connectivity index (χ0n) is 20.5. The van der Waals surface area contributed by atoms with E-state index in [-0.39, 0.29) is 6.03 Å². The van der Waals surface area contributed by atoms with Gasteiger partial charge in [0.15, 0.2) is 11.5 Å². The Labute approximate surface area is 206 Å². The molecule has 1 N–H and O–H groups in total. The van der Waals surface area contributed by atoms with Crippen LogP contribution in [0.3, 0.4) is 0 Å². The van der Waals surface area contributed by atoms with E-state index in [2.05, 4.69) is 32.3 Å². The standard InChI is InChI=1S/C27H33N5O3/c1-34-24-16-22-23(17-25(24)35-2)28-18-29-26(22)31-12-14-32(15-13-31)27(33)30-21-10-8-20(9-11-21)19-6-4-3-5-7-19/h8-11,16-19H,3-7,12-15H2,1-2H3,(H,30,33). The fraction of sp³-hybridized carbons (Fsp3) is 0.444. The maximum absolute atomic E-state index is 12.9. The molecule has 0 bridgehead atoms. The van der Waals surface area contributed by atoms with Crippen LogP contribution in [0.2, 0.25) is 0 Å². The van der Waals surface area contributed by atoms with Crippen LogP contribution in [0.5, 0.6) is 11.5 Å². The predicted molar refractivity (Wildman–Crippen MR) is 138 cm³/mol. The van der Waals surface area contributed by atoms with Crippen molar-refractivity contribution < 1.29 is 14.3 Å². The first-order valence-electron chi connectivity index (χ1n) is 12.4. The molecule has 1 aromatic heterocycles. The molecule has 1 saturated heterocycles. The molecule has 0 atom stereocenters. The average Bonchev–Trinajstić information content (AvgIpc) is 2.93. The summed E-state index contributed by atoms with van der Waals surface area (Å²) in [6, 6.07) is 12.1. The van der Waals surface area contributed by atoms with Gasteiger partial charge in [-0.05, 0) is 42.5 Å². The number of nitrogens with one attached hydrogen (secondary N) is 1. The molecule has 184 valence electrons. The van der Waals surface area contributed by atoms with Gasteiger partial charge in [0.25, 0.3) is 0 Å². The van der Waals surface area contributed by atoms with Gasteiger partial charge in [0.2, 0.25) is 0 Å². The minimum Gasteiger partial charge on any atom is -0.493 e. The van der Waals surface area contributed by atoms with Crippen LogP contribution < -0.4 is 19.7 Å². The quantitative estimate of drug-likeness (QED) is 0.556. The molecule has 1 aliphatic carbocycles. The van der Waals surface area contributed by atoms with Crippen molar-refractivity contribution in [2.75, 3.05) is 50.6 Å². The highest BCUT2D eigenvalue weighted by molar-refractivity contribution is 5.92. The Morgan fingerprint density at radius 3 is 2.29 bits per heavy atom. The number of hydrogen-bond donors (Lipinski definition) is 1. The van der Waals surface area contributed by atoms with Crippen molar-refractivity contribution in [3.05, 3.63) is 48.3 Å². The summed E-state index contributed by atoms with van der Waals surface area (Å²) in [6.07, 6.45) is 8.12. The van der Waals surface area contributed by atoms with Gasteiger partial charge < -0.3 is 24.6 Å². The van der Waals surface area contributed by atoms with Gasteiger partial charge in [-0.25, -0.2) is 14.8 Å². The summed E-state index contributed by atoms with van der Waals surface area (Å²) >= 11 is 0. The SMILES string of the molecule is COc1cc2ncnc(N3CCN(C(=O)Nc4ccc(C5CCCCC5)cc4)CC3)c2cc1OC. The van der Waals surface area contributed by atoms with Crippen LogP contribution in [0.15, 0.2) is 42.7 Å². The number of rotatable bonds is 5. The zero-order valence-corrected chi connectivity index (χ0v) is 20.5. The number of nitrogens with zero attached hydrogens (tertiary/aromatic N) is 4. The minimum atomic E-state index is -0.0611. The summed E-state index contributed by atoms with van der Waals surface area (Å²) in [5.41, 5.74) is 3.03. The maximum atomic E-state index is 12.9. The fourth-order valence-corrected chi connectivity index (χ4v) is 5.22. The Bertz CT molecular complexity index is 1170. The molecule has 8 nitrogen and oxygen atoms in total. The number of urea groups is 1. The van der Waals surface area contributed by atoms with Gasteiger partial charge in [-0.1, -0.05) is 31.4 Å². The van der Waals surface area contributed by atoms with E-state index in [0.29, 0.717) is 43.6 Å². The van der Waals surface area contributed by atoms with E-state index >= 15 is 0 Å². The maximum Gasteiger partial charge on any atom is 0.321 e. The summed E-state index contributed by atoms with van der Waals surface area (Å²) in [5.74, 6) is 2.79. The van der Waals surface area contributed by atoms with Crippen molar-refractivity contribution in [1.82, 2.24) is 14.9 Å². The van der Waals surface area contributed by atoms with Gasteiger partial charge in [0.05, 0.1) is 19.7 Å². The molecule has 35 heavy (non-hydrogen) atoms. The van der Waals surface area contributed by atoms with Crippen LogP contribution in [0.1, 0.15) is 43.6 Å². The van der Waals surface area contributed by atoms with Crippen molar-refractivity contribution in [2.24, 2.45) is 0 Å². The normalized spacial score (nSPS) is 16.9. The number of carbonyl (C=O) groups is 1. The largest absolute Gasteiger partial charge is 0.493 e. The number of fused-ring (bicyclic) bond motifs is 1. The van der Waals surface area contributed by atoms with Gasteiger partial charge in [0.1, 0.15) is 12.1 Å². The highest BCUT2D eigenvalue weighted by Gasteiger charge is 2.24. The van der Waals surface area contributed by atoms with Crippen LogP contribution in [-0.4, -0.2) is 61.3 Å². The van der Waals surface area contributed by atoms with E-state index in [1.165, 1.54) is 37.7 Å². The first-order valence-corrected chi connectivity index (χ1v) is 12.4. The molecule has 8 heteroatoms. The summed E-state index contributed by atoms with van der Waals surface area (Å²) in [5, 5.41) is 3.97.